The van der Waals surface area contributed by atoms with E-state index in [1.165, 1.54) is 0 Å². The third kappa shape index (κ3) is 1.98. The fourth-order valence-electron chi connectivity index (χ4n) is 4.84. The largest absolute Gasteiger partial charge is 0.493 e. The molecule has 0 bridgehead atoms. The Bertz CT molecular complexity index is 1480. The van der Waals surface area contributed by atoms with Gasteiger partial charge in [-0.15, -0.1) is 0 Å². The van der Waals surface area contributed by atoms with Crippen LogP contribution in [0.15, 0.2) is 18.2 Å². The van der Waals surface area contributed by atoms with E-state index >= 15 is 0 Å². The van der Waals surface area contributed by atoms with Crippen LogP contribution in [0, 0.1) is 0 Å². The highest BCUT2D eigenvalue weighted by Gasteiger charge is 2.29. The van der Waals surface area contributed by atoms with Crippen LogP contribution >= 0.6 is 0 Å². The lowest BCUT2D eigenvalue weighted by molar-refractivity contribution is 0.171. The van der Waals surface area contributed by atoms with Gasteiger partial charge in [0.05, 0.1) is 43.4 Å². The maximum atomic E-state index is 5.88. The fraction of sp³-hybridized carbons (Fsp3) is 0.217. The van der Waals surface area contributed by atoms with E-state index in [2.05, 4.69) is 16.0 Å². The number of fused-ring (bicyclic) bond motifs is 10. The second-order valence-corrected chi connectivity index (χ2v) is 7.64. The first-order valence-corrected chi connectivity index (χ1v) is 10.0. The molecule has 32 heavy (non-hydrogen) atoms. The molecular formula is C23H18N2O7. The van der Waals surface area contributed by atoms with Crippen molar-refractivity contribution in [3.63, 3.8) is 0 Å². The lowest BCUT2D eigenvalue weighted by Crippen LogP contribution is -1.94. The highest BCUT2D eigenvalue weighted by atomic mass is 16.7. The third-order valence-electron chi connectivity index (χ3n) is 6.22. The summed E-state index contributed by atoms with van der Waals surface area (Å²) in [5.74, 6) is 4.39. The molecule has 0 atom stereocenters. The average Bonchev–Trinajstić information content (AvgIpc) is 3.59. The molecule has 9 heteroatoms. The zero-order valence-electron chi connectivity index (χ0n) is 17.5. The Kier molecular flexibility index (Phi) is 3.27. The Morgan fingerprint density at radius 1 is 0.562 bits per heavy atom. The molecule has 7 rings (SSSR count). The fourth-order valence-corrected chi connectivity index (χ4v) is 4.84. The van der Waals surface area contributed by atoms with Crippen molar-refractivity contribution in [2.45, 2.75) is 0 Å². The van der Waals surface area contributed by atoms with Gasteiger partial charge in [-0.05, 0) is 18.2 Å². The normalized spacial score (nSPS) is 14.2. The first-order valence-electron chi connectivity index (χ1n) is 10.0. The van der Waals surface area contributed by atoms with E-state index in [0.29, 0.717) is 40.2 Å². The summed E-state index contributed by atoms with van der Waals surface area (Å²) in [5.41, 5.74) is 3.35. The van der Waals surface area contributed by atoms with Crippen molar-refractivity contribution >= 4 is 43.6 Å². The van der Waals surface area contributed by atoms with Crippen LogP contribution in [0.3, 0.4) is 0 Å². The second kappa shape index (κ2) is 5.97. The molecule has 0 saturated heterocycles. The Morgan fingerprint density at radius 3 is 1.44 bits per heavy atom. The molecule has 0 unspecified atom stereocenters. The molecule has 0 aliphatic carbocycles. The van der Waals surface area contributed by atoms with Crippen molar-refractivity contribution in [2.24, 2.45) is 0 Å². The number of nitrogens with one attached hydrogen (secondary N) is 2. The maximum Gasteiger partial charge on any atom is 0.231 e. The molecule has 2 N–H and O–H groups in total. The van der Waals surface area contributed by atoms with Crippen molar-refractivity contribution in [3.8, 4) is 40.2 Å². The zero-order valence-corrected chi connectivity index (χ0v) is 17.5. The molecular weight excluding hydrogens is 416 g/mol. The number of hydrogen-bond donors (Lipinski definition) is 2. The maximum absolute atomic E-state index is 5.88. The number of benzene rings is 3. The molecule has 0 spiro atoms. The SMILES string of the molecule is COc1cc2c([nH]c3c(OC)c4[nH]c5c6c(c(OC)cc5c4cc32)OCO6)c2c1OCO2. The standard InChI is InChI=1S/C23H18N2O7/c1-26-13-5-11-9-4-10-12-6-14(27-2)20-23(32-8-30-20)18(12)25-16(10)21(28-3)15(9)24-17(11)22-19(13)29-7-31-22/h4-6,24-25H,7-8H2,1-3H3. The van der Waals surface area contributed by atoms with Crippen LogP contribution in [0.1, 0.15) is 0 Å². The van der Waals surface area contributed by atoms with Gasteiger partial charge in [-0.25, -0.2) is 0 Å². The smallest absolute Gasteiger partial charge is 0.231 e. The van der Waals surface area contributed by atoms with Gasteiger partial charge in [0.25, 0.3) is 0 Å². The summed E-state index contributed by atoms with van der Waals surface area (Å²) in [6.07, 6.45) is 0. The van der Waals surface area contributed by atoms with Crippen molar-refractivity contribution in [1.82, 2.24) is 9.97 Å². The van der Waals surface area contributed by atoms with E-state index in [1.54, 1.807) is 21.3 Å². The molecule has 4 heterocycles. The number of aromatic nitrogens is 2. The molecule has 0 amide bonds. The van der Waals surface area contributed by atoms with Gasteiger partial charge in [0.2, 0.25) is 25.1 Å². The zero-order chi connectivity index (χ0) is 21.6. The minimum absolute atomic E-state index is 0.149. The lowest BCUT2D eigenvalue weighted by Gasteiger charge is -2.06. The van der Waals surface area contributed by atoms with Crippen molar-refractivity contribution in [2.75, 3.05) is 34.9 Å². The molecule has 3 aromatic carbocycles. The molecule has 2 aliphatic rings. The summed E-state index contributed by atoms with van der Waals surface area (Å²) in [5, 5.41) is 3.84. The van der Waals surface area contributed by atoms with Gasteiger partial charge in [-0.1, -0.05) is 0 Å². The van der Waals surface area contributed by atoms with Crippen LogP contribution in [0.4, 0.5) is 0 Å². The van der Waals surface area contributed by atoms with Crippen LogP contribution in [-0.2, 0) is 0 Å². The van der Waals surface area contributed by atoms with Gasteiger partial charge >= 0.3 is 0 Å². The van der Waals surface area contributed by atoms with Gasteiger partial charge in [0.1, 0.15) is 0 Å². The van der Waals surface area contributed by atoms with Crippen molar-refractivity contribution in [3.05, 3.63) is 18.2 Å². The Labute approximate surface area is 180 Å². The van der Waals surface area contributed by atoms with E-state index in [9.17, 15) is 0 Å². The predicted octanol–water partition coefficient (Wildman–Crippen LogP) is 4.44. The van der Waals surface area contributed by atoms with Crippen LogP contribution in [0.2, 0.25) is 0 Å². The lowest BCUT2D eigenvalue weighted by atomic mass is 10.1. The Balaban J connectivity index is 1.65. The summed E-state index contributed by atoms with van der Waals surface area (Å²) in [4.78, 5) is 6.95. The Hall–Kier alpha value is -4.14. The quantitative estimate of drug-likeness (QED) is 0.433. The number of ether oxygens (including phenoxy) is 7. The highest BCUT2D eigenvalue weighted by Crippen LogP contribution is 2.52. The van der Waals surface area contributed by atoms with Crippen molar-refractivity contribution in [1.29, 1.82) is 0 Å². The third-order valence-corrected chi connectivity index (χ3v) is 6.22. The van der Waals surface area contributed by atoms with Gasteiger partial charge in [0.15, 0.2) is 28.7 Å². The summed E-state index contributed by atoms with van der Waals surface area (Å²) in [6, 6.07) is 6.03. The molecule has 0 saturated carbocycles. The van der Waals surface area contributed by atoms with Gasteiger partial charge in [0, 0.05) is 21.5 Å². The van der Waals surface area contributed by atoms with E-state index in [-0.39, 0.29) is 13.6 Å². The molecule has 5 aromatic rings. The average molecular weight is 434 g/mol. The summed E-state index contributed by atoms with van der Waals surface area (Å²) in [6.45, 7) is 0.297. The minimum Gasteiger partial charge on any atom is -0.493 e. The first-order chi connectivity index (χ1) is 15.7. The molecule has 162 valence electrons. The first kappa shape index (κ1) is 17.5. The van der Waals surface area contributed by atoms with Gasteiger partial charge in [-0.3, -0.25) is 0 Å². The summed E-state index contributed by atoms with van der Waals surface area (Å²) < 4.78 is 39.8. The molecule has 2 aromatic heterocycles. The highest BCUT2D eigenvalue weighted by molar-refractivity contribution is 6.22. The van der Waals surface area contributed by atoms with E-state index in [4.69, 9.17) is 33.2 Å². The molecule has 0 fully saturated rings. The minimum atomic E-state index is 0.149. The summed E-state index contributed by atoms with van der Waals surface area (Å²) in [7, 11) is 4.89. The van der Waals surface area contributed by atoms with Gasteiger partial charge < -0.3 is 43.1 Å². The summed E-state index contributed by atoms with van der Waals surface area (Å²) >= 11 is 0. The van der Waals surface area contributed by atoms with Crippen LogP contribution in [0.5, 0.6) is 40.2 Å². The molecule has 0 radical (unpaired) electrons. The number of H-pyrrole nitrogens is 2. The number of aromatic amines is 2. The van der Waals surface area contributed by atoms with Crippen molar-refractivity contribution < 1.29 is 33.2 Å². The van der Waals surface area contributed by atoms with Crippen LogP contribution in [-0.4, -0.2) is 44.9 Å². The second-order valence-electron chi connectivity index (χ2n) is 7.64. The molecule has 9 nitrogen and oxygen atoms in total. The number of rotatable bonds is 3. The van der Waals surface area contributed by atoms with E-state index < -0.39 is 0 Å². The predicted molar refractivity (Wildman–Crippen MR) is 117 cm³/mol. The van der Waals surface area contributed by atoms with Crippen LogP contribution in [0.25, 0.3) is 43.6 Å². The molecule has 2 aliphatic heterocycles. The van der Waals surface area contributed by atoms with E-state index in [0.717, 1.165) is 43.6 Å². The van der Waals surface area contributed by atoms with Crippen LogP contribution < -0.4 is 33.2 Å². The number of methoxy groups -OCH3 is 3. The monoisotopic (exact) mass is 434 g/mol. The van der Waals surface area contributed by atoms with Gasteiger partial charge in [-0.2, -0.15) is 0 Å². The Morgan fingerprint density at radius 2 is 1.00 bits per heavy atom. The number of hydrogen-bond acceptors (Lipinski definition) is 7. The van der Waals surface area contributed by atoms with E-state index in [1.807, 2.05) is 12.1 Å². The topological polar surface area (TPSA) is 96.2 Å².